The summed E-state index contributed by atoms with van der Waals surface area (Å²) in [5, 5.41) is 0.0394. The molecule has 94 valence electrons. The van der Waals surface area contributed by atoms with E-state index in [9.17, 15) is 8.78 Å². The highest BCUT2D eigenvalue weighted by atomic mass is 35.5. The third-order valence-electron chi connectivity index (χ3n) is 1.84. The van der Waals surface area contributed by atoms with E-state index in [0.717, 1.165) is 30.0 Å². The zero-order valence-corrected chi connectivity index (χ0v) is 10.6. The van der Waals surface area contributed by atoms with Crippen molar-refractivity contribution in [1.82, 2.24) is 15.0 Å². The van der Waals surface area contributed by atoms with Crippen molar-refractivity contribution in [2.24, 2.45) is 0 Å². The summed E-state index contributed by atoms with van der Waals surface area (Å²) in [6, 6.07) is 3.11. The monoisotopic (exact) mass is 289 g/mol. The summed E-state index contributed by atoms with van der Waals surface area (Å²) >= 11 is 6.47. The zero-order chi connectivity index (χ0) is 13.1. The maximum absolute atomic E-state index is 13.4. The van der Waals surface area contributed by atoms with Gasteiger partial charge in [-0.05, 0) is 41.6 Å². The van der Waals surface area contributed by atoms with Crippen molar-refractivity contribution in [3.05, 3.63) is 35.1 Å². The second-order valence-electron chi connectivity index (χ2n) is 3.05. The normalized spacial score (nSPS) is 10.4. The molecule has 2 aromatic rings. The van der Waals surface area contributed by atoms with Crippen LogP contribution in [0.4, 0.5) is 8.78 Å². The molecule has 0 N–H and O–H groups in total. The minimum atomic E-state index is -0.572. The van der Waals surface area contributed by atoms with Crippen LogP contribution < -0.4 is 4.74 Å². The second kappa shape index (κ2) is 5.45. The molecule has 0 radical (unpaired) electrons. The van der Waals surface area contributed by atoms with Crippen LogP contribution in [0, 0.1) is 11.6 Å². The summed E-state index contributed by atoms with van der Waals surface area (Å²) in [4.78, 5) is 11.4. The lowest BCUT2D eigenvalue weighted by Crippen LogP contribution is -1.97. The Labute approximate surface area is 110 Å². The van der Waals surface area contributed by atoms with Crippen molar-refractivity contribution < 1.29 is 13.5 Å². The van der Waals surface area contributed by atoms with E-state index >= 15 is 0 Å². The molecule has 8 heteroatoms. The van der Waals surface area contributed by atoms with Crippen molar-refractivity contribution in [2.75, 3.05) is 7.11 Å². The van der Waals surface area contributed by atoms with Gasteiger partial charge in [0.05, 0.1) is 12.0 Å². The third-order valence-corrected chi connectivity index (χ3v) is 2.91. The maximum atomic E-state index is 13.4. The number of benzene rings is 1. The average molecular weight is 290 g/mol. The molecule has 0 aliphatic rings. The molecular formula is C10H6ClF2N3OS. The van der Waals surface area contributed by atoms with Crippen molar-refractivity contribution >= 4 is 23.4 Å². The molecule has 0 atom stereocenters. The first-order valence-electron chi connectivity index (χ1n) is 4.67. The van der Waals surface area contributed by atoms with E-state index in [1.54, 1.807) is 0 Å². The average Bonchev–Trinajstić information content (AvgIpc) is 2.33. The van der Waals surface area contributed by atoms with Crippen LogP contribution in [0.15, 0.2) is 28.3 Å². The summed E-state index contributed by atoms with van der Waals surface area (Å²) in [5.41, 5.74) is 0. The minimum Gasteiger partial charge on any atom is -0.467 e. The van der Waals surface area contributed by atoms with E-state index in [-0.39, 0.29) is 21.3 Å². The third kappa shape index (κ3) is 3.05. The van der Waals surface area contributed by atoms with Crippen molar-refractivity contribution in [3.63, 3.8) is 0 Å². The summed E-state index contributed by atoms with van der Waals surface area (Å²) in [6.07, 6.45) is 0. The first kappa shape index (κ1) is 13.0. The van der Waals surface area contributed by atoms with Crippen LogP contribution >= 0.6 is 23.4 Å². The van der Waals surface area contributed by atoms with E-state index in [4.69, 9.17) is 16.3 Å². The van der Waals surface area contributed by atoms with Crippen LogP contribution in [0.1, 0.15) is 0 Å². The standard InChI is InChI=1S/C10H6ClF2N3OS/c1-17-9-14-8(11)15-10(16-9)18-7-4-5(12)2-3-6(7)13/h2-4H,1H3. The van der Waals surface area contributed by atoms with Crippen LogP contribution in [0.2, 0.25) is 5.28 Å². The first-order chi connectivity index (χ1) is 8.58. The molecule has 18 heavy (non-hydrogen) atoms. The molecule has 1 heterocycles. The summed E-state index contributed by atoms with van der Waals surface area (Å²) in [7, 11) is 1.36. The summed E-state index contributed by atoms with van der Waals surface area (Å²) in [5.74, 6) is -1.12. The van der Waals surface area contributed by atoms with Crippen molar-refractivity contribution in [2.45, 2.75) is 10.1 Å². The lowest BCUT2D eigenvalue weighted by atomic mass is 10.3. The Morgan fingerprint density at radius 3 is 2.72 bits per heavy atom. The lowest BCUT2D eigenvalue weighted by molar-refractivity contribution is 0.373. The zero-order valence-electron chi connectivity index (χ0n) is 9.02. The van der Waals surface area contributed by atoms with Crippen molar-refractivity contribution in [1.29, 1.82) is 0 Å². The number of nitrogens with zero attached hydrogens (tertiary/aromatic N) is 3. The molecule has 0 aliphatic carbocycles. The molecule has 1 aromatic carbocycles. The number of ether oxygens (including phenoxy) is 1. The van der Waals surface area contributed by atoms with E-state index in [1.807, 2.05) is 0 Å². The molecule has 0 bridgehead atoms. The Kier molecular flexibility index (Phi) is 3.93. The van der Waals surface area contributed by atoms with Crippen LogP contribution in [0.5, 0.6) is 6.01 Å². The highest BCUT2D eigenvalue weighted by molar-refractivity contribution is 7.99. The Bertz CT molecular complexity index is 585. The van der Waals surface area contributed by atoms with Gasteiger partial charge in [0.25, 0.3) is 0 Å². The number of rotatable bonds is 3. The van der Waals surface area contributed by atoms with Gasteiger partial charge in [0, 0.05) is 0 Å². The van der Waals surface area contributed by atoms with Gasteiger partial charge in [-0.2, -0.15) is 15.0 Å². The Balaban J connectivity index is 2.33. The van der Waals surface area contributed by atoms with Gasteiger partial charge >= 0.3 is 6.01 Å². The van der Waals surface area contributed by atoms with E-state index in [1.165, 1.54) is 7.11 Å². The van der Waals surface area contributed by atoms with Crippen LogP contribution in [0.25, 0.3) is 0 Å². The quantitative estimate of drug-likeness (QED) is 0.869. The molecule has 0 saturated carbocycles. The number of aromatic nitrogens is 3. The van der Waals surface area contributed by atoms with Crippen LogP contribution in [-0.2, 0) is 0 Å². The minimum absolute atomic E-state index is 0.00862. The summed E-state index contributed by atoms with van der Waals surface area (Å²) in [6.45, 7) is 0. The topological polar surface area (TPSA) is 47.9 Å². The highest BCUT2D eigenvalue weighted by Gasteiger charge is 2.11. The predicted molar refractivity (Wildman–Crippen MR) is 61.9 cm³/mol. The first-order valence-corrected chi connectivity index (χ1v) is 5.86. The van der Waals surface area contributed by atoms with Gasteiger partial charge in [-0.3, -0.25) is 0 Å². The summed E-state index contributed by atoms with van der Waals surface area (Å²) < 4.78 is 31.2. The van der Waals surface area contributed by atoms with Gasteiger partial charge in [0.2, 0.25) is 5.28 Å². The molecule has 0 fully saturated rings. The molecule has 0 aliphatic heterocycles. The number of hydrogen-bond donors (Lipinski definition) is 0. The van der Waals surface area contributed by atoms with Gasteiger partial charge in [-0.25, -0.2) is 8.78 Å². The van der Waals surface area contributed by atoms with E-state index in [0.29, 0.717) is 0 Å². The fourth-order valence-electron chi connectivity index (χ4n) is 1.11. The number of hydrogen-bond acceptors (Lipinski definition) is 5. The molecule has 0 unspecified atom stereocenters. The van der Waals surface area contributed by atoms with Gasteiger partial charge < -0.3 is 4.74 Å². The number of methoxy groups -OCH3 is 1. The van der Waals surface area contributed by atoms with Crippen LogP contribution in [-0.4, -0.2) is 22.1 Å². The maximum Gasteiger partial charge on any atom is 0.321 e. The molecule has 0 saturated heterocycles. The fraction of sp³-hybridized carbons (Fsp3) is 0.100. The molecule has 0 amide bonds. The highest BCUT2D eigenvalue weighted by Crippen LogP contribution is 2.29. The number of halogens is 3. The van der Waals surface area contributed by atoms with Crippen molar-refractivity contribution in [3.8, 4) is 6.01 Å². The SMILES string of the molecule is COc1nc(Cl)nc(Sc2cc(F)ccc2F)n1. The fourth-order valence-corrected chi connectivity index (χ4v) is 2.10. The van der Waals surface area contributed by atoms with E-state index in [2.05, 4.69) is 15.0 Å². The Morgan fingerprint density at radius 2 is 2.00 bits per heavy atom. The van der Waals surface area contributed by atoms with Gasteiger partial charge in [-0.1, -0.05) is 0 Å². The Morgan fingerprint density at radius 1 is 1.22 bits per heavy atom. The largest absolute Gasteiger partial charge is 0.467 e. The van der Waals surface area contributed by atoms with E-state index < -0.39 is 11.6 Å². The Hall–Kier alpha value is -1.47. The molecule has 4 nitrogen and oxygen atoms in total. The lowest BCUT2D eigenvalue weighted by Gasteiger charge is -2.03. The van der Waals surface area contributed by atoms with Gasteiger partial charge in [-0.15, -0.1) is 0 Å². The predicted octanol–water partition coefficient (Wildman–Crippen LogP) is 2.96. The second-order valence-corrected chi connectivity index (χ2v) is 4.40. The molecule has 1 aromatic heterocycles. The smallest absolute Gasteiger partial charge is 0.321 e. The molecule has 0 spiro atoms. The van der Waals surface area contributed by atoms with Crippen LogP contribution in [0.3, 0.4) is 0 Å². The molecular weight excluding hydrogens is 284 g/mol. The van der Waals surface area contributed by atoms with Gasteiger partial charge in [0.15, 0.2) is 5.16 Å². The molecule has 2 rings (SSSR count). The van der Waals surface area contributed by atoms with Gasteiger partial charge in [0.1, 0.15) is 11.6 Å².